The van der Waals surface area contributed by atoms with Crippen molar-refractivity contribution in [1.82, 2.24) is 20.4 Å². The Morgan fingerprint density at radius 3 is 2.58 bits per heavy atom. The van der Waals surface area contributed by atoms with E-state index in [1.807, 2.05) is 19.1 Å². The van der Waals surface area contributed by atoms with E-state index < -0.39 is 5.91 Å². The van der Waals surface area contributed by atoms with Crippen LogP contribution in [-0.4, -0.2) is 20.9 Å². The summed E-state index contributed by atoms with van der Waals surface area (Å²) in [7, 11) is 0. The monoisotopic (exact) mass is 369 g/mol. The number of nitrogens with one attached hydrogen (secondary N) is 3. The molecular weight excluding hydrogens is 354 g/mol. The maximum atomic E-state index is 12.2. The second-order valence-electron chi connectivity index (χ2n) is 5.34. The van der Waals surface area contributed by atoms with E-state index >= 15 is 0 Å². The highest BCUT2D eigenvalue weighted by atomic mass is 35.5. The van der Waals surface area contributed by atoms with E-state index in [9.17, 15) is 4.79 Å². The lowest BCUT2D eigenvalue weighted by Crippen LogP contribution is -2.30. The lowest BCUT2D eigenvalue weighted by Gasteiger charge is -2.13. The summed E-state index contributed by atoms with van der Waals surface area (Å²) in [6.45, 7) is 1.91. The standard InChI is InChI=1S/C17H16ClN7O/c1-10-5-4-8-20-14(10)23-15-13(19)16(22-9-21-15)24-25-17(26)11-6-2-3-7-12(11)18/h2-9H,19H2,1H3,(H,25,26)(H2,20,21,22,23,24). The molecule has 0 saturated heterocycles. The number of aryl methyl sites for hydroxylation is 1. The highest BCUT2D eigenvalue weighted by molar-refractivity contribution is 6.33. The van der Waals surface area contributed by atoms with Gasteiger partial charge in [-0.1, -0.05) is 29.8 Å². The van der Waals surface area contributed by atoms with Gasteiger partial charge in [-0.15, -0.1) is 0 Å². The molecule has 5 N–H and O–H groups in total. The molecule has 0 radical (unpaired) electrons. The number of rotatable bonds is 5. The normalized spacial score (nSPS) is 10.2. The number of hydrogen-bond acceptors (Lipinski definition) is 7. The molecule has 0 bridgehead atoms. The van der Waals surface area contributed by atoms with E-state index in [0.717, 1.165) is 5.56 Å². The summed E-state index contributed by atoms with van der Waals surface area (Å²) in [4.78, 5) is 24.6. The molecule has 0 atom stereocenters. The minimum atomic E-state index is -0.413. The Balaban J connectivity index is 1.74. The van der Waals surface area contributed by atoms with Gasteiger partial charge in [0, 0.05) is 6.20 Å². The summed E-state index contributed by atoms with van der Waals surface area (Å²) in [5.74, 6) is 0.834. The number of hydrogen-bond donors (Lipinski definition) is 4. The van der Waals surface area contributed by atoms with Crippen LogP contribution in [0.15, 0.2) is 48.9 Å². The number of benzene rings is 1. The van der Waals surface area contributed by atoms with E-state index in [2.05, 4.69) is 31.1 Å². The fourth-order valence-corrected chi connectivity index (χ4v) is 2.37. The van der Waals surface area contributed by atoms with Crippen molar-refractivity contribution in [1.29, 1.82) is 0 Å². The number of hydrazine groups is 1. The first-order valence-electron chi connectivity index (χ1n) is 7.66. The molecule has 9 heteroatoms. The molecule has 0 spiro atoms. The first kappa shape index (κ1) is 17.4. The van der Waals surface area contributed by atoms with Crippen molar-refractivity contribution in [2.75, 3.05) is 16.5 Å². The second kappa shape index (κ2) is 7.66. The molecule has 0 aliphatic heterocycles. The zero-order valence-electron chi connectivity index (χ0n) is 13.8. The molecular formula is C17H16ClN7O. The molecule has 1 aromatic carbocycles. The van der Waals surface area contributed by atoms with Gasteiger partial charge < -0.3 is 11.1 Å². The van der Waals surface area contributed by atoms with E-state index in [1.165, 1.54) is 6.33 Å². The molecule has 2 heterocycles. The third kappa shape index (κ3) is 3.81. The van der Waals surface area contributed by atoms with E-state index in [0.29, 0.717) is 22.2 Å². The Labute approximate surface area is 154 Å². The number of nitrogens with two attached hydrogens (primary N) is 1. The smallest absolute Gasteiger partial charge is 0.271 e. The lowest BCUT2D eigenvalue weighted by atomic mass is 10.2. The van der Waals surface area contributed by atoms with Crippen LogP contribution in [0, 0.1) is 6.92 Å². The maximum absolute atomic E-state index is 12.2. The van der Waals surface area contributed by atoms with Crippen molar-refractivity contribution in [3.8, 4) is 0 Å². The minimum Gasteiger partial charge on any atom is -0.393 e. The molecule has 0 saturated carbocycles. The Morgan fingerprint density at radius 2 is 1.81 bits per heavy atom. The van der Waals surface area contributed by atoms with Crippen molar-refractivity contribution >= 4 is 40.6 Å². The van der Waals surface area contributed by atoms with Gasteiger partial charge in [0.15, 0.2) is 11.6 Å². The average Bonchev–Trinajstić information content (AvgIpc) is 2.64. The van der Waals surface area contributed by atoms with Crippen LogP contribution < -0.4 is 21.9 Å². The number of amides is 1. The number of nitrogen functional groups attached to an aromatic ring is 1. The summed E-state index contributed by atoms with van der Waals surface area (Å²) < 4.78 is 0. The van der Waals surface area contributed by atoms with Crippen LogP contribution in [0.2, 0.25) is 5.02 Å². The molecule has 0 fully saturated rings. The number of carbonyl (C=O) groups excluding carboxylic acids is 1. The van der Waals surface area contributed by atoms with Gasteiger partial charge in [0.05, 0.1) is 10.6 Å². The van der Waals surface area contributed by atoms with Crippen LogP contribution in [0.25, 0.3) is 0 Å². The van der Waals surface area contributed by atoms with Crippen LogP contribution in [0.3, 0.4) is 0 Å². The third-order valence-electron chi connectivity index (χ3n) is 3.54. The summed E-state index contributed by atoms with van der Waals surface area (Å²) in [5.41, 5.74) is 12.8. The fraction of sp³-hybridized carbons (Fsp3) is 0.0588. The molecule has 3 rings (SSSR count). The van der Waals surface area contributed by atoms with E-state index in [-0.39, 0.29) is 11.5 Å². The SMILES string of the molecule is Cc1cccnc1Nc1ncnc(NNC(=O)c2ccccc2Cl)c1N. The van der Waals surface area contributed by atoms with Gasteiger partial charge in [-0.2, -0.15) is 0 Å². The number of anilines is 4. The first-order chi connectivity index (χ1) is 12.6. The van der Waals surface area contributed by atoms with Crippen LogP contribution in [0.5, 0.6) is 0 Å². The topological polar surface area (TPSA) is 118 Å². The number of halogens is 1. The van der Waals surface area contributed by atoms with Crippen LogP contribution in [0.1, 0.15) is 15.9 Å². The van der Waals surface area contributed by atoms with E-state index in [1.54, 1.807) is 30.5 Å². The van der Waals surface area contributed by atoms with Gasteiger partial charge in [0.25, 0.3) is 5.91 Å². The summed E-state index contributed by atoms with van der Waals surface area (Å²) in [5, 5.41) is 3.39. The molecule has 26 heavy (non-hydrogen) atoms. The third-order valence-corrected chi connectivity index (χ3v) is 3.87. The van der Waals surface area contributed by atoms with Gasteiger partial charge in [-0.05, 0) is 30.7 Å². The second-order valence-corrected chi connectivity index (χ2v) is 5.74. The van der Waals surface area contributed by atoms with Gasteiger partial charge in [0.1, 0.15) is 17.8 Å². The molecule has 132 valence electrons. The van der Waals surface area contributed by atoms with Crippen molar-refractivity contribution in [2.24, 2.45) is 0 Å². The number of pyridine rings is 1. The number of nitrogens with zero attached hydrogens (tertiary/aromatic N) is 3. The Kier molecular flexibility index (Phi) is 5.14. The van der Waals surface area contributed by atoms with Gasteiger partial charge in [-0.25, -0.2) is 15.0 Å². The molecule has 0 unspecified atom stereocenters. The van der Waals surface area contributed by atoms with Crippen LogP contribution in [0.4, 0.5) is 23.1 Å². The van der Waals surface area contributed by atoms with Crippen LogP contribution in [-0.2, 0) is 0 Å². The molecule has 8 nitrogen and oxygen atoms in total. The minimum absolute atomic E-state index is 0.233. The molecule has 0 aliphatic rings. The van der Waals surface area contributed by atoms with Crippen LogP contribution >= 0.6 is 11.6 Å². The summed E-state index contributed by atoms with van der Waals surface area (Å²) in [6, 6.07) is 10.5. The summed E-state index contributed by atoms with van der Waals surface area (Å²) >= 11 is 6.01. The number of aromatic nitrogens is 3. The number of carbonyl (C=O) groups is 1. The van der Waals surface area contributed by atoms with Crippen molar-refractivity contribution in [3.63, 3.8) is 0 Å². The van der Waals surface area contributed by atoms with Gasteiger partial charge >= 0.3 is 0 Å². The zero-order chi connectivity index (χ0) is 18.5. The average molecular weight is 370 g/mol. The molecule has 3 aromatic rings. The summed E-state index contributed by atoms with van der Waals surface area (Å²) in [6.07, 6.45) is 2.98. The van der Waals surface area contributed by atoms with Crippen molar-refractivity contribution in [3.05, 3.63) is 65.1 Å². The quantitative estimate of drug-likeness (QED) is 0.510. The lowest BCUT2D eigenvalue weighted by molar-refractivity contribution is 0.0962. The molecule has 0 aliphatic carbocycles. The maximum Gasteiger partial charge on any atom is 0.271 e. The fourth-order valence-electron chi connectivity index (χ4n) is 2.15. The highest BCUT2D eigenvalue weighted by Gasteiger charge is 2.13. The van der Waals surface area contributed by atoms with Crippen molar-refractivity contribution in [2.45, 2.75) is 6.92 Å². The van der Waals surface area contributed by atoms with E-state index in [4.69, 9.17) is 17.3 Å². The van der Waals surface area contributed by atoms with Gasteiger partial charge in [0.2, 0.25) is 0 Å². The van der Waals surface area contributed by atoms with Crippen molar-refractivity contribution < 1.29 is 4.79 Å². The zero-order valence-corrected chi connectivity index (χ0v) is 14.6. The Hall–Kier alpha value is -3.39. The predicted molar refractivity (Wildman–Crippen MR) is 101 cm³/mol. The Morgan fingerprint density at radius 1 is 1.04 bits per heavy atom. The van der Waals surface area contributed by atoms with Gasteiger partial charge in [-0.3, -0.25) is 15.6 Å². The molecule has 1 amide bonds. The molecule has 2 aromatic heterocycles. The largest absolute Gasteiger partial charge is 0.393 e. The highest BCUT2D eigenvalue weighted by Crippen LogP contribution is 2.25. The predicted octanol–water partition coefficient (Wildman–Crippen LogP) is 2.92. The Bertz CT molecular complexity index is 948. The first-order valence-corrected chi connectivity index (χ1v) is 8.04.